The number of hydrogen-bond donors (Lipinski definition) is 15. The lowest BCUT2D eigenvalue weighted by molar-refractivity contribution is -0.143. The number of benzene rings is 2. The van der Waals surface area contributed by atoms with Gasteiger partial charge in [0.05, 0.1) is 32.2 Å². The molecule has 3 rings (SSSR count). The molecule has 0 bridgehead atoms. The molecule has 25 heteroatoms. The highest BCUT2D eigenvalue weighted by atomic mass is 16.4. The summed E-state index contributed by atoms with van der Waals surface area (Å²) in [7, 11) is 0. The van der Waals surface area contributed by atoms with E-state index in [1.807, 2.05) is 0 Å². The van der Waals surface area contributed by atoms with E-state index in [-0.39, 0.29) is 44.6 Å². The molecule has 2 aromatic carbocycles. The molecule has 1 aromatic heterocycles. The molecular weight excluding hydrogens is 953 g/mol. The Morgan fingerprint density at radius 1 is 0.589 bits per heavy atom. The molecule has 0 aliphatic carbocycles. The van der Waals surface area contributed by atoms with E-state index in [9.17, 15) is 63.6 Å². The lowest BCUT2D eigenvalue weighted by atomic mass is 10.0. The van der Waals surface area contributed by atoms with Crippen LogP contribution in [0.2, 0.25) is 0 Å². The van der Waals surface area contributed by atoms with Crippen molar-refractivity contribution in [2.45, 2.75) is 120 Å². The van der Waals surface area contributed by atoms with Gasteiger partial charge in [-0.05, 0) is 56.2 Å². The molecule has 0 radical (unpaired) electrons. The zero-order chi connectivity index (χ0) is 54.0. The predicted octanol–water partition coefficient (Wildman–Crippen LogP) is -4.10. The molecule has 9 atom stereocenters. The summed E-state index contributed by atoms with van der Waals surface area (Å²) in [6, 6.07) is 5.79. The summed E-state index contributed by atoms with van der Waals surface area (Å²) in [6.07, 6.45) is 1.95. The van der Waals surface area contributed by atoms with E-state index in [1.165, 1.54) is 19.4 Å². The third-order valence-electron chi connectivity index (χ3n) is 11.2. The van der Waals surface area contributed by atoms with Crippen LogP contribution in [-0.2, 0) is 62.4 Å². The molecule has 3 aromatic rings. The van der Waals surface area contributed by atoms with E-state index in [0.717, 1.165) is 0 Å². The Morgan fingerprint density at radius 3 is 1.51 bits per heavy atom. The number of aliphatic hydroxyl groups excluding tert-OH is 3. The molecule has 73 heavy (non-hydrogen) atoms. The summed E-state index contributed by atoms with van der Waals surface area (Å²) in [5.74, 6) is -8.74. The fraction of sp³-hybridized carbons (Fsp3) is 0.500. The van der Waals surface area contributed by atoms with Gasteiger partial charge in [0.2, 0.25) is 47.3 Å². The monoisotopic (exact) mass is 1020 g/mol. The molecule has 0 aliphatic rings. The summed E-state index contributed by atoms with van der Waals surface area (Å²) in [6.45, 7) is 2.32. The number of carbonyl (C=O) groups excluding carboxylic acids is 8. The second-order valence-electron chi connectivity index (χ2n) is 17.7. The lowest BCUT2D eigenvalue weighted by Crippen LogP contribution is -2.61. The number of nitrogens with two attached hydrogens (primary N) is 2. The van der Waals surface area contributed by atoms with Gasteiger partial charge in [0.25, 0.3) is 0 Å². The van der Waals surface area contributed by atoms with Crippen LogP contribution in [-0.4, -0.2) is 164 Å². The first-order valence-electron chi connectivity index (χ1n) is 23.8. The predicted molar refractivity (Wildman–Crippen MR) is 263 cm³/mol. The van der Waals surface area contributed by atoms with Crippen molar-refractivity contribution in [1.29, 1.82) is 0 Å². The number of rotatable bonds is 32. The van der Waals surface area contributed by atoms with Gasteiger partial charge in [-0.3, -0.25) is 38.4 Å². The van der Waals surface area contributed by atoms with Crippen LogP contribution >= 0.6 is 0 Å². The van der Waals surface area contributed by atoms with Crippen LogP contribution in [0.4, 0.5) is 0 Å². The van der Waals surface area contributed by atoms with E-state index in [2.05, 4.69) is 52.5 Å². The Bertz CT molecular complexity index is 2250. The molecule has 1 heterocycles. The van der Waals surface area contributed by atoms with E-state index in [1.54, 1.807) is 74.5 Å². The van der Waals surface area contributed by atoms with Gasteiger partial charge in [0.1, 0.15) is 48.3 Å². The maximum atomic E-state index is 14.4. The minimum Gasteiger partial charge on any atom is -0.480 e. The van der Waals surface area contributed by atoms with Gasteiger partial charge >= 0.3 is 5.97 Å². The number of imidazole rings is 1. The number of nitrogens with one attached hydrogen (secondary N) is 9. The van der Waals surface area contributed by atoms with Crippen LogP contribution in [0.1, 0.15) is 63.3 Å². The van der Waals surface area contributed by atoms with Crippen LogP contribution in [0.15, 0.2) is 73.2 Å². The number of aliphatic hydroxyl groups is 3. The van der Waals surface area contributed by atoms with Crippen LogP contribution in [0.25, 0.3) is 0 Å². The quantitative estimate of drug-likeness (QED) is 0.0264. The molecule has 25 nitrogen and oxygen atoms in total. The van der Waals surface area contributed by atoms with Crippen molar-refractivity contribution in [3.8, 4) is 0 Å². The van der Waals surface area contributed by atoms with Crippen LogP contribution in [0.5, 0.6) is 0 Å². The van der Waals surface area contributed by atoms with E-state index >= 15 is 0 Å². The number of nitrogens with zero attached hydrogens (tertiary/aromatic N) is 1. The zero-order valence-electron chi connectivity index (χ0n) is 41.0. The largest absolute Gasteiger partial charge is 0.480 e. The first-order valence-corrected chi connectivity index (χ1v) is 23.8. The van der Waals surface area contributed by atoms with Gasteiger partial charge in [0, 0.05) is 31.2 Å². The van der Waals surface area contributed by atoms with Crippen LogP contribution in [0, 0.1) is 5.92 Å². The summed E-state index contributed by atoms with van der Waals surface area (Å²) in [5, 5.41) is 58.9. The average molecular weight is 1020 g/mol. The zero-order valence-corrected chi connectivity index (χ0v) is 41.0. The number of carboxylic acids is 1. The smallest absolute Gasteiger partial charge is 0.326 e. The van der Waals surface area contributed by atoms with Gasteiger partial charge < -0.3 is 79.4 Å². The molecule has 0 spiro atoms. The maximum absolute atomic E-state index is 14.4. The Kier molecular flexibility index (Phi) is 25.6. The van der Waals surface area contributed by atoms with Gasteiger partial charge in [0.15, 0.2) is 0 Å². The topological polar surface area (TPSA) is 412 Å². The SMILES string of the molecule is CC(C)C[C@H](NC(=O)[C@H](CO)NC(=O)CNC(=O)[C@H](CO)NC(=O)[C@H](CCCCN)NC(=O)[C@H](Cc1ccccc1)NC(=O)[C@H](Cc1cnc[nH]1)NC(=O)[C@H](Cc1ccccc1)NC(=O)[C@@H](N)[C@@H](C)O)C(=O)O. The van der Waals surface area contributed by atoms with E-state index in [0.29, 0.717) is 29.7 Å². The number of aliphatic carboxylic acids is 1. The van der Waals surface area contributed by atoms with Gasteiger partial charge in [-0.25, -0.2) is 9.78 Å². The molecule has 17 N–H and O–H groups in total. The summed E-state index contributed by atoms with van der Waals surface area (Å²) in [5.41, 5.74) is 13.2. The number of unbranched alkanes of at least 4 members (excludes halogenated alkanes) is 1. The van der Waals surface area contributed by atoms with Gasteiger partial charge in [-0.1, -0.05) is 74.5 Å². The van der Waals surface area contributed by atoms with E-state index in [4.69, 9.17) is 11.5 Å². The minimum absolute atomic E-state index is 0.0286. The first kappa shape index (κ1) is 60.0. The Balaban J connectivity index is 1.83. The molecular formula is C48H70N12O13. The number of aromatic amines is 1. The minimum atomic E-state index is -1.68. The second kappa shape index (κ2) is 31.2. The number of amides is 8. The summed E-state index contributed by atoms with van der Waals surface area (Å²) >= 11 is 0. The van der Waals surface area contributed by atoms with Gasteiger partial charge in [-0.15, -0.1) is 0 Å². The van der Waals surface area contributed by atoms with Crippen molar-refractivity contribution in [3.05, 3.63) is 90.0 Å². The number of carbonyl (C=O) groups is 9. The van der Waals surface area contributed by atoms with Crippen molar-refractivity contribution < 1.29 is 63.6 Å². The van der Waals surface area contributed by atoms with Crippen molar-refractivity contribution in [3.63, 3.8) is 0 Å². The molecule has 0 saturated heterocycles. The fourth-order valence-corrected chi connectivity index (χ4v) is 7.17. The molecule has 0 fully saturated rings. The number of aromatic nitrogens is 2. The molecule has 400 valence electrons. The third kappa shape index (κ3) is 21.1. The Hall–Kier alpha value is -7.32. The average Bonchev–Trinajstić information content (AvgIpc) is 3.88. The lowest BCUT2D eigenvalue weighted by Gasteiger charge is -2.27. The highest BCUT2D eigenvalue weighted by molar-refractivity contribution is 5.98. The third-order valence-corrected chi connectivity index (χ3v) is 11.2. The van der Waals surface area contributed by atoms with Crippen molar-refractivity contribution in [2.75, 3.05) is 26.3 Å². The number of H-pyrrole nitrogens is 1. The van der Waals surface area contributed by atoms with Crippen LogP contribution in [0.3, 0.4) is 0 Å². The van der Waals surface area contributed by atoms with Crippen LogP contribution < -0.4 is 54.0 Å². The first-order chi connectivity index (χ1) is 34.8. The van der Waals surface area contributed by atoms with Gasteiger partial charge in [-0.2, -0.15) is 0 Å². The normalized spacial score (nSPS) is 14.8. The number of hydrogen-bond acceptors (Lipinski definition) is 15. The van der Waals surface area contributed by atoms with Crippen molar-refractivity contribution in [1.82, 2.24) is 52.5 Å². The second-order valence-corrected chi connectivity index (χ2v) is 17.7. The summed E-state index contributed by atoms with van der Waals surface area (Å²) < 4.78 is 0. The highest BCUT2D eigenvalue weighted by Gasteiger charge is 2.34. The standard InChI is InChI=1S/C48H70N12O13/c1-27(2)18-36(48(72)73)59-46(70)38(25-62)54-39(64)23-52-41(65)37(24-61)60-42(66)32(16-10-11-17-49)55-43(67)33(19-29-12-6-4-7-13-29)56-45(69)35(21-31-22-51-26-53-31)57-44(68)34(20-30-14-8-5-9-15-30)58-47(71)40(50)28(3)63/h4-9,12-15,22,26-28,32-38,40,61-63H,10-11,16-21,23-25,49-50H2,1-3H3,(H,51,53)(H,52,65)(H,54,64)(H,55,67)(H,56,69)(H,57,68)(H,58,71)(H,59,70)(H,60,66)(H,72,73)/t28-,32+,33+,34+,35+,36+,37+,38+,40+/m1/s1. The Morgan fingerprint density at radius 2 is 1.04 bits per heavy atom. The molecule has 8 amide bonds. The van der Waals surface area contributed by atoms with Crippen molar-refractivity contribution in [2.24, 2.45) is 17.4 Å². The molecule has 0 unspecified atom stereocenters. The Labute approximate surface area is 422 Å². The number of carboxylic acid groups (broad SMARTS) is 1. The fourth-order valence-electron chi connectivity index (χ4n) is 7.17. The summed E-state index contributed by atoms with van der Waals surface area (Å²) in [4.78, 5) is 127. The maximum Gasteiger partial charge on any atom is 0.326 e. The highest BCUT2D eigenvalue weighted by Crippen LogP contribution is 2.11. The molecule has 0 saturated carbocycles. The molecule has 0 aliphatic heterocycles. The van der Waals surface area contributed by atoms with E-state index < -0.39 is 127 Å². The van der Waals surface area contributed by atoms with Crippen molar-refractivity contribution >= 4 is 53.2 Å².